The highest BCUT2D eigenvalue weighted by molar-refractivity contribution is 6.36. The largest absolute Gasteiger partial charge is 0.430 e. The fraction of sp³-hybridized carbons (Fsp3) is 0. The summed E-state index contributed by atoms with van der Waals surface area (Å²) in [7, 11) is 0. The van der Waals surface area contributed by atoms with Gasteiger partial charge in [0, 0.05) is 6.07 Å². The van der Waals surface area contributed by atoms with Crippen molar-refractivity contribution in [2.45, 2.75) is 0 Å². The van der Waals surface area contributed by atoms with Crippen LogP contribution in [0.3, 0.4) is 0 Å². The van der Waals surface area contributed by atoms with E-state index in [4.69, 9.17) is 33.7 Å². The number of nitrogen functional groups attached to an aromatic ring is 1. The van der Waals surface area contributed by atoms with Gasteiger partial charge < -0.3 is 10.5 Å². The molecule has 0 fully saturated rings. The number of rotatable bonds is 3. The summed E-state index contributed by atoms with van der Waals surface area (Å²) in [6.45, 7) is 0. The first-order chi connectivity index (χ1) is 8.99. The average Bonchev–Trinajstić information content (AvgIpc) is 2.36. The molecule has 1 aromatic carbocycles. The Morgan fingerprint density at radius 3 is 2.63 bits per heavy atom. The molecular weight excluding hydrogens is 293 g/mol. The summed E-state index contributed by atoms with van der Waals surface area (Å²) in [5, 5.41) is 11.1. The first kappa shape index (κ1) is 13.4. The van der Waals surface area contributed by atoms with Crippen molar-refractivity contribution in [3.05, 3.63) is 50.5 Å². The first-order valence-electron chi connectivity index (χ1n) is 5.02. The third-order valence-electron chi connectivity index (χ3n) is 2.19. The molecule has 19 heavy (non-hydrogen) atoms. The zero-order chi connectivity index (χ0) is 14.0. The normalized spacial score (nSPS) is 10.2. The summed E-state index contributed by atoms with van der Waals surface area (Å²) >= 11 is 11.6. The summed E-state index contributed by atoms with van der Waals surface area (Å²) in [5.74, 6) is 0.00106. The van der Waals surface area contributed by atoms with Crippen LogP contribution in [-0.2, 0) is 0 Å². The van der Waals surface area contributed by atoms with Crippen LogP contribution >= 0.6 is 23.2 Å². The summed E-state index contributed by atoms with van der Waals surface area (Å²) in [6.07, 6.45) is 0. The van der Waals surface area contributed by atoms with Crippen molar-refractivity contribution < 1.29 is 9.66 Å². The van der Waals surface area contributed by atoms with E-state index in [1.165, 1.54) is 24.3 Å². The van der Waals surface area contributed by atoms with Crippen molar-refractivity contribution in [2.75, 3.05) is 5.73 Å². The molecule has 0 radical (unpaired) electrons. The van der Waals surface area contributed by atoms with E-state index >= 15 is 0 Å². The van der Waals surface area contributed by atoms with E-state index in [0.29, 0.717) is 0 Å². The quantitative estimate of drug-likeness (QED) is 0.689. The van der Waals surface area contributed by atoms with Crippen LogP contribution in [0.5, 0.6) is 11.6 Å². The molecule has 1 heterocycles. The Kier molecular flexibility index (Phi) is 3.73. The molecule has 0 aliphatic carbocycles. The predicted octanol–water partition coefficient (Wildman–Crippen LogP) is 3.67. The minimum atomic E-state index is -0.567. The van der Waals surface area contributed by atoms with Gasteiger partial charge in [-0.15, -0.1) is 0 Å². The molecule has 0 spiro atoms. The van der Waals surface area contributed by atoms with E-state index in [1.54, 1.807) is 6.07 Å². The number of aromatic nitrogens is 1. The van der Waals surface area contributed by atoms with Crippen molar-refractivity contribution in [3.8, 4) is 11.6 Å². The van der Waals surface area contributed by atoms with Crippen LogP contribution in [0.4, 0.5) is 11.5 Å². The molecule has 2 aromatic rings. The van der Waals surface area contributed by atoms with Crippen LogP contribution in [-0.4, -0.2) is 9.91 Å². The zero-order valence-corrected chi connectivity index (χ0v) is 10.9. The number of pyridine rings is 1. The number of nitrogens with zero attached hydrogens (tertiary/aromatic N) is 2. The number of anilines is 1. The fourth-order valence-electron chi connectivity index (χ4n) is 1.33. The Morgan fingerprint density at radius 1 is 1.26 bits per heavy atom. The molecule has 0 atom stereocenters. The Balaban J connectivity index is 2.42. The lowest BCUT2D eigenvalue weighted by atomic mass is 10.3. The maximum absolute atomic E-state index is 10.8. The summed E-state index contributed by atoms with van der Waals surface area (Å²) in [4.78, 5) is 14.1. The number of hydrogen-bond donors (Lipinski definition) is 1. The number of nitro benzene ring substituents is 1. The lowest BCUT2D eigenvalue weighted by Gasteiger charge is -2.08. The third kappa shape index (κ3) is 2.86. The van der Waals surface area contributed by atoms with Crippen LogP contribution in [0.1, 0.15) is 0 Å². The van der Waals surface area contributed by atoms with E-state index in [9.17, 15) is 10.1 Å². The molecule has 8 heteroatoms. The van der Waals surface area contributed by atoms with Gasteiger partial charge in [0.25, 0.3) is 0 Å². The van der Waals surface area contributed by atoms with Crippen LogP contribution < -0.4 is 10.5 Å². The van der Waals surface area contributed by atoms with Crippen molar-refractivity contribution in [1.29, 1.82) is 0 Å². The Morgan fingerprint density at radius 2 is 1.95 bits per heavy atom. The molecule has 0 saturated heterocycles. The number of benzene rings is 1. The molecule has 0 aliphatic rings. The van der Waals surface area contributed by atoms with Gasteiger partial charge in [-0.25, -0.2) is 0 Å². The molecular formula is C11H7Cl2N3O3. The molecule has 6 nitrogen and oxygen atoms in total. The number of halogens is 2. The van der Waals surface area contributed by atoms with Gasteiger partial charge in [0.2, 0.25) is 11.6 Å². The minimum absolute atomic E-state index is 0.0172. The van der Waals surface area contributed by atoms with Gasteiger partial charge in [0.1, 0.15) is 10.8 Å². The Labute approximate surface area is 117 Å². The van der Waals surface area contributed by atoms with E-state index < -0.39 is 4.92 Å². The Hall–Kier alpha value is -2.05. The van der Waals surface area contributed by atoms with Crippen molar-refractivity contribution in [3.63, 3.8) is 0 Å². The van der Waals surface area contributed by atoms with E-state index in [2.05, 4.69) is 4.98 Å². The van der Waals surface area contributed by atoms with Gasteiger partial charge >= 0.3 is 5.69 Å². The Bertz CT molecular complexity index is 649. The lowest BCUT2D eigenvalue weighted by Crippen LogP contribution is -1.98. The van der Waals surface area contributed by atoms with Gasteiger partial charge in [-0.3, -0.25) is 10.1 Å². The molecule has 0 unspecified atom stereocenters. The first-order valence-corrected chi connectivity index (χ1v) is 5.77. The number of para-hydroxylation sites is 2. The van der Waals surface area contributed by atoms with E-state index in [0.717, 1.165) is 0 Å². The summed E-state index contributed by atoms with van der Waals surface area (Å²) in [6, 6.07) is 7.21. The lowest BCUT2D eigenvalue weighted by molar-refractivity contribution is -0.385. The second kappa shape index (κ2) is 5.29. The van der Waals surface area contributed by atoms with Gasteiger partial charge in [0.05, 0.1) is 9.95 Å². The van der Waals surface area contributed by atoms with Gasteiger partial charge in [-0.05, 0) is 12.1 Å². The molecule has 0 aliphatic heterocycles. The summed E-state index contributed by atoms with van der Waals surface area (Å²) in [5.41, 5.74) is 5.33. The molecule has 0 amide bonds. The monoisotopic (exact) mass is 299 g/mol. The molecule has 0 bridgehead atoms. The second-order valence-electron chi connectivity index (χ2n) is 3.47. The van der Waals surface area contributed by atoms with Crippen LogP contribution in [0.25, 0.3) is 0 Å². The van der Waals surface area contributed by atoms with Crippen LogP contribution in [0, 0.1) is 10.1 Å². The molecule has 1 aromatic heterocycles. The standard InChI is InChI=1S/C11H7Cl2N3O3/c12-6-5-7(13)11(15-10(6)14)19-9-4-2-1-3-8(9)16(17)18/h1-5H,(H2,14,15). The van der Waals surface area contributed by atoms with Crippen molar-refractivity contribution in [2.24, 2.45) is 0 Å². The van der Waals surface area contributed by atoms with Crippen molar-refractivity contribution >= 4 is 34.7 Å². The third-order valence-corrected chi connectivity index (χ3v) is 2.77. The van der Waals surface area contributed by atoms with Crippen molar-refractivity contribution in [1.82, 2.24) is 4.98 Å². The number of ether oxygens (including phenoxy) is 1. The van der Waals surface area contributed by atoms with E-state index in [-0.39, 0.29) is 33.2 Å². The molecule has 2 N–H and O–H groups in total. The fourth-order valence-corrected chi connectivity index (χ4v) is 1.73. The minimum Gasteiger partial charge on any atom is -0.430 e. The van der Waals surface area contributed by atoms with Crippen LogP contribution in [0.15, 0.2) is 30.3 Å². The SMILES string of the molecule is Nc1nc(Oc2ccccc2[N+](=O)[O-])c(Cl)cc1Cl. The van der Waals surface area contributed by atoms with Gasteiger partial charge in [0.15, 0.2) is 0 Å². The maximum atomic E-state index is 10.8. The van der Waals surface area contributed by atoms with E-state index in [1.807, 2.05) is 0 Å². The average molecular weight is 300 g/mol. The highest BCUT2D eigenvalue weighted by atomic mass is 35.5. The second-order valence-corrected chi connectivity index (χ2v) is 4.28. The number of nitrogens with two attached hydrogens (primary N) is 1. The number of hydrogen-bond acceptors (Lipinski definition) is 5. The molecule has 2 rings (SSSR count). The molecule has 98 valence electrons. The maximum Gasteiger partial charge on any atom is 0.311 e. The highest BCUT2D eigenvalue weighted by Crippen LogP contribution is 2.35. The summed E-state index contributed by atoms with van der Waals surface area (Å²) < 4.78 is 5.31. The predicted molar refractivity (Wildman–Crippen MR) is 71.8 cm³/mol. The molecule has 0 saturated carbocycles. The zero-order valence-electron chi connectivity index (χ0n) is 9.34. The highest BCUT2D eigenvalue weighted by Gasteiger charge is 2.17. The van der Waals surface area contributed by atoms with Gasteiger partial charge in [-0.2, -0.15) is 4.98 Å². The number of nitro groups is 1. The van der Waals surface area contributed by atoms with Crippen LogP contribution in [0.2, 0.25) is 10.0 Å². The smallest absolute Gasteiger partial charge is 0.311 e. The topological polar surface area (TPSA) is 91.3 Å². The van der Waals surface area contributed by atoms with Gasteiger partial charge in [-0.1, -0.05) is 35.3 Å².